The number of fused-ring (bicyclic) bond motifs is 5. The molecule has 1 unspecified atom stereocenters. The highest BCUT2D eigenvalue weighted by Crippen LogP contribution is 2.71. The smallest absolute Gasteiger partial charge is 0.319 e. The normalized spacial score (nSPS) is 42.9. The molecule has 0 aromatic heterocycles. The van der Waals surface area contributed by atoms with E-state index in [1.807, 2.05) is 30.4 Å². The van der Waals surface area contributed by atoms with Gasteiger partial charge in [-0.05, 0) is 6.08 Å². The molecule has 1 saturated carbocycles. The largest absolute Gasteiger partial charge is 0.428 e. The number of hydrogen-bond donors (Lipinski definition) is 0. The van der Waals surface area contributed by atoms with Crippen molar-refractivity contribution in [1.29, 1.82) is 0 Å². The van der Waals surface area contributed by atoms with Gasteiger partial charge in [-0.15, -0.1) is 0 Å². The summed E-state index contributed by atoms with van der Waals surface area (Å²) in [5.41, 5.74) is -0.443. The minimum Gasteiger partial charge on any atom is -0.428 e. The number of carbonyl (C=O) groups is 1. The molecule has 1 aliphatic heterocycles. The second-order valence-electron chi connectivity index (χ2n) is 5.08. The lowest BCUT2D eigenvalue weighted by atomic mass is 9.86. The van der Waals surface area contributed by atoms with E-state index < -0.39 is 5.41 Å². The number of rotatable bonds is 0. The number of hydrogen-bond acceptors (Lipinski definition) is 2. The third-order valence-corrected chi connectivity index (χ3v) is 4.69. The average molecular weight is 259 g/mol. The van der Waals surface area contributed by atoms with Crippen molar-refractivity contribution in [3.05, 3.63) is 59.4 Å². The van der Waals surface area contributed by atoms with Gasteiger partial charge in [-0.25, -0.2) is 0 Å². The highest BCUT2D eigenvalue weighted by atomic mass is 35.5. The first-order chi connectivity index (χ1) is 8.76. The molecule has 4 atom stereocenters. The van der Waals surface area contributed by atoms with Crippen LogP contribution in [-0.2, 0) is 9.53 Å². The lowest BCUT2D eigenvalue weighted by Gasteiger charge is -2.11. The van der Waals surface area contributed by atoms with Crippen LogP contribution < -0.4 is 0 Å². The van der Waals surface area contributed by atoms with Crippen molar-refractivity contribution in [3.63, 3.8) is 0 Å². The lowest BCUT2D eigenvalue weighted by molar-refractivity contribution is -0.141. The van der Waals surface area contributed by atoms with E-state index in [1.165, 1.54) is 0 Å². The maximum atomic E-state index is 12.3. The Hall–Kier alpha value is -1.54. The number of halogens is 1. The molecule has 90 valence electrons. The molecule has 0 aromatic carbocycles. The Labute approximate surface area is 110 Å². The minimum atomic E-state index is -0.443. The molecule has 4 rings (SSSR count). The highest BCUT2D eigenvalue weighted by Gasteiger charge is 2.75. The maximum Gasteiger partial charge on any atom is 0.319 e. The van der Waals surface area contributed by atoms with Crippen molar-refractivity contribution < 1.29 is 9.53 Å². The van der Waals surface area contributed by atoms with Crippen LogP contribution in [0, 0.1) is 23.2 Å². The number of allylic oxidation sites excluding steroid dienone is 9. The molecule has 0 aromatic rings. The molecule has 1 spiro atoms. The first kappa shape index (κ1) is 10.4. The summed E-state index contributed by atoms with van der Waals surface area (Å²) in [6.07, 6.45) is 15.9. The van der Waals surface area contributed by atoms with Gasteiger partial charge in [0.1, 0.15) is 5.76 Å². The lowest BCUT2D eigenvalue weighted by Crippen LogP contribution is -2.19. The Balaban J connectivity index is 1.88. The van der Waals surface area contributed by atoms with Crippen LogP contribution in [0.1, 0.15) is 0 Å². The monoisotopic (exact) mass is 258 g/mol. The molecule has 2 nitrogen and oxygen atoms in total. The molecule has 0 amide bonds. The Morgan fingerprint density at radius 3 is 2.44 bits per heavy atom. The van der Waals surface area contributed by atoms with Crippen LogP contribution in [0.15, 0.2) is 59.4 Å². The van der Waals surface area contributed by atoms with E-state index in [9.17, 15) is 4.79 Å². The van der Waals surface area contributed by atoms with Crippen molar-refractivity contribution in [1.82, 2.24) is 0 Å². The zero-order valence-corrected chi connectivity index (χ0v) is 10.3. The summed E-state index contributed by atoms with van der Waals surface area (Å²) in [6, 6.07) is 0. The van der Waals surface area contributed by atoms with Crippen molar-refractivity contribution in [3.8, 4) is 0 Å². The van der Waals surface area contributed by atoms with Crippen molar-refractivity contribution in [2.45, 2.75) is 0 Å². The summed E-state index contributed by atoms with van der Waals surface area (Å²) in [5.74, 6) is 0.957. The van der Waals surface area contributed by atoms with Gasteiger partial charge in [0.2, 0.25) is 0 Å². The predicted octanol–water partition coefficient (Wildman–Crippen LogP) is 3.09. The van der Waals surface area contributed by atoms with Gasteiger partial charge in [-0.1, -0.05) is 54.1 Å². The first-order valence-corrected chi connectivity index (χ1v) is 6.46. The van der Waals surface area contributed by atoms with Crippen molar-refractivity contribution in [2.24, 2.45) is 23.2 Å². The molecule has 4 aliphatic rings. The van der Waals surface area contributed by atoms with Gasteiger partial charge >= 0.3 is 5.97 Å². The third kappa shape index (κ3) is 1.03. The fraction of sp³-hybridized carbons (Fsp3) is 0.267. The van der Waals surface area contributed by atoms with Crippen LogP contribution in [0.25, 0.3) is 0 Å². The molecule has 1 saturated heterocycles. The SMILES string of the molecule is O=C1OC2=C(Cl)C=CC=C[C@H]2C12[C@@H]1C=CC=C[C@@H]12. The van der Waals surface area contributed by atoms with Crippen LogP contribution >= 0.6 is 11.6 Å². The second kappa shape index (κ2) is 3.27. The number of esters is 1. The fourth-order valence-electron chi connectivity index (χ4n) is 3.51. The summed E-state index contributed by atoms with van der Waals surface area (Å²) < 4.78 is 5.47. The van der Waals surface area contributed by atoms with Gasteiger partial charge in [-0.3, -0.25) is 4.79 Å². The average Bonchev–Trinajstić information content (AvgIpc) is 3.00. The van der Waals surface area contributed by atoms with Crippen LogP contribution in [0.4, 0.5) is 0 Å². The molecular formula is C15H11ClO2. The molecule has 18 heavy (non-hydrogen) atoms. The van der Waals surface area contributed by atoms with E-state index in [0.29, 0.717) is 10.8 Å². The zero-order valence-electron chi connectivity index (χ0n) is 9.55. The van der Waals surface area contributed by atoms with E-state index in [1.54, 1.807) is 6.08 Å². The molecule has 0 bridgehead atoms. The minimum absolute atomic E-state index is 0.0325. The molecule has 0 N–H and O–H groups in total. The molecule has 2 fully saturated rings. The third-order valence-electron chi connectivity index (χ3n) is 4.37. The van der Waals surface area contributed by atoms with Gasteiger partial charge < -0.3 is 4.74 Å². The van der Waals surface area contributed by atoms with Gasteiger partial charge in [0, 0.05) is 11.8 Å². The molecule has 0 radical (unpaired) electrons. The van der Waals surface area contributed by atoms with E-state index >= 15 is 0 Å². The molecular weight excluding hydrogens is 248 g/mol. The maximum absolute atomic E-state index is 12.3. The highest BCUT2D eigenvalue weighted by molar-refractivity contribution is 6.31. The topological polar surface area (TPSA) is 26.3 Å². The van der Waals surface area contributed by atoms with Crippen molar-refractivity contribution in [2.75, 3.05) is 0 Å². The van der Waals surface area contributed by atoms with Crippen LogP contribution in [-0.4, -0.2) is 5.97 Å². The van der Waals surface area contributed by atoms with E-state index in [4.69, 9.17) is 16.3 Å². The molecule has 1 heterocycles. The van der Waals surface area contributed by atoms with E-state index in [-0.39, 0.29) is 23.7 Å². The quantitative estimate of drug-likeness (QED) is 0.624. The summed E-state index contributed by atoms with van der Waals surface area (Å²) in [6.45, 7) is 0. The van der Waals surface area contributed by atoms with E-state index in [0.717, 1.165) is 0 Å². The van der Waals surface area contributed by atoms with Crippen LogP contribution in [0.3, 0.4) is 0 Å². The Kier molecular flexibility index (Phi) is 1.89. The Bertz CT molecular complexity index is 574. The van der Waals surface area contributed by atoms with Crippen molar-refractivity contribution >= 4 is 17.6 Å². The van der Waals surface area contributed by atoms with Gasteiger partial charge in [0.15, 0.2) is 0 Å². The summed E-state index contributed by atoms with van der Waals surface area (Å²) >= 11 is 6.18. The van der Waals surface area contributed by atoms with Gasteiger partial charge in [0.25, 0.3) is 0 Å². The summed E-state index contributed by atoms with van der Waals surface area (Å²) in [5, 5.41) is 0.534. The Morgan fingerprint density at radius 2 is 1.72 bits per heavy atom. The van der Waals surface area contributed by atoms with Gasteiger partial charge in [-0.2, -0.15) is 0 Å². The first-order valence-electron chi connectivity index (χ1n) is 6.08. The standard InChI is InChI=1S/C15H11ClO2/c16-12-8-4-3-7-11-13(12)18-14(17)15(11)9-5-1-2-6-10(9)15/h1-11H/t9-,10+,11-,15?/m1/s1. The number of ether oxygens (including phenoxy) is 1. The van der Waals surface area contributed by atoms with Crippen LogP contribution in [0.2, 0.25) is 0 Å². The summed E-state index contributed by atoms with van der Waals surface area (Å²) in [4.78, 5) is 12.3. The number of carbonyl (C=O) groups excluding carboxylic acids is 1. The second-order valence-corrected chi connectivity index (χ2v) is 5.48. The predicted molar refractivity (Wildman–Crippen MR) is 68.4 cm³/mol. The zero-order chi connectivity index (χ0) is 12.3. The Morgan fingerprint density at radius 1 is 1.06 bits per heavy atom. The molecule has 3 aliphatic carbocycles. The van der Waals surface area contributed by atoms with Gasteiger partial charge in [0.05, 0.1) is 16.4 Å². The van der Waals surface area contributed by atoms with E-state index in [2.05, 4.69) is 12.2 Å². The fourth-order valence-corrected chi connectivity index (χ4v) is 3.74. The molecule has 3 heteroatoms. The summed E-state index contributed by atoms with van der Waals surface area (Å²) in [7, 11) is 0. The van der Waals surface area contributed by atoms with Crippen LogP contribution in [0.5, 0.6) is 0 Å².